The fourth-order valence-electron chi connectivity index (χ4n) is 1.30. The summed E-state index contributed by atoms with van der Waals surface area (Å²) in [5.74, 6) is -0.415. The molecule has 1 unspecified atom stereocenters. The number of benzene rings is 1. The third kappa shape index (κ3) is 2.89. The van der Waals surface area contributed by atoms with Crippen LogP contribution in [0.3, 0.4) is 0 Å². The molecule has 0 amide bonds. The van der Waals surface area contributed by atoms with Gasteiger partial charge in [0.15, 0.2) is 0 Å². The van der Waals surface area contributed by atoms with Crippen molar-refractivity contribution in [3.63, 3.8) is 0 Å². The lowest BCUT2D eigenvalue weighted by molar-refractivity contribution is 0.116. The molecule has 0 radical (unpaired) electrons. The van der Waals surface area contributed by atoms with E-state index in [4.69, 9.17) is 10.5 Å². The molecule has 0 heterocycles. The summed E-state index contributed by atoms with van der Waals surface area (Å²) in [7, 11) is 1.49. The van der Waals surface area contributed by atoms with Crippen LogP contribution in [0.15, 0.2) is 22.7 Å². The van der Waals surface area contributed by atoms with Gasteiger partial charge in [-0.15, -0.1) is 0 Å². The highest BCUT2D eigenvalue weighted by Crippen LogP contribution is 2.31. The maximum absolute atomic E-state index is 12.7. The van der Waals surface area contributed by atoms with E-state index in [1.165, 1.54) is 7.11 Å². The molecule has 5 heteroatoms. The fourth-order valence-corrected chi connectivity index (χ4v) is 1.84. The molecular weight excluding hydrogens is 268 g/mol. The Morgan fingerprint density at radius 2 is 2.13 bits per heavy atom. The van der Waals surface area contributed by atoms with E-state index in [9.17, 15) is 8.78 Å². The Hall–Kier alpha value is -0.680. The van der Waals surface area contributed by atoms with Gasteiger partial charge in [0.25, 0.3) is 0 Å². The van der Waals surface area contributed by atoms with Crippen LogP contribution in [0.5, 0.6) is 5.75 Å². The Bertz CT molecular complexity index is 333. The van der Waals surface area contributed by atoms with Crippen molar-refractivity contribution >= 4 is 15.9 Å². The Kier molecular flexibility index (Phi) is 4.47. The molecule has 0 aliphatic heterocycles. The first-order valence-electron chi connectivity index (χ1n) is 4.41. The van der Waals surface area contributed by atoms with Gasteiger partial charge >= 0.3 is 0 Å². The summed E-state index contributed by atoms with van der Waals surface area (Å²) >= 11 is 3.22. The average Bonchev–Trinajstić information content (AvgIpc) is 2.21. The lowest BCUT2D eigenvalue weighted by Crippen LogP contribution is -2.20. The fraction of sp³-hybridized carbons (Fsp3) is 0.400. The number of halogens is 3. The van der Waals surface area contributed by atoms with Crippen LogP contribution >= 0.6 is 15.9 Å². The first-order valence-corrected chi connectivity index (χ1v) is 5.21. The zero-order chi connectivity index (χ0) is 11.4. The zero-order valence-corrected chi connectivity index (χ0v) is 9.80. The molecule has 1 aromatic rings. The van der Waals surface area contributed by atoms with Gasteiger partial charge in [-0.05, 0) is 23.8 Å². The predicted octanol–water partition coefficient (Wildman–Crippen LogP) is 2.77. The third-order valence-corrected chi connectivity index (χ3v) is 2.88. The molecule has 0 bridgehead atoms. The minimum absolute atomic E-state index is 0.0938. The first kappa shape index (κ1) is 12.4. The molecular formula is C10H12BrF2NO. The van der Waals surface area contributed by atoms with Crippen LogP contribution in [-0.4, -0.2) is 20.1 Å². The van der Waals surface area contributed by atoms with Crippen LogP contribution in [0.4, 0.5) is 8.78 Å². The molecule has 84 valence electrons. The standard InChI is InChI=1S/C10H12BrF2NO/c1-15-6-2-3-9(11)7(4-6)8(5-14)10(12)13/h2-4,8,10H,5,14H2,1H3. The molecule has 0 aromatic heterocycles. The number of alkyl halides is 2. The van der Waals surface area contributed by atoms with Gasteiger partial charge < -0.3 is 10.5 Å². The maximum Gasteiger partial charge on any atom is 0.246 e. The van der Waals surface area contributed by atoms with Crippen molar-refractivity contribution in [1.82, 2.24) is 0 Å². The van der Waals surface area contributed by atoms with Crippen LogP contribution < -0.4 is 10.5 Å². The minimum Gasteiger partial charge on any atom is -0.497 e. The highest BCUT2D eigenvalue weighted by Gasteiger charge is 2.23. The summed E-state index contributed by atoms with van der Waals surface area (Å²) in [5.41, 5.74) is 5.80. The van der Waals surface area contributed by atoms with E-state index in [1.54, 1.807) is 18.2 Å². The van der Waals surface area contributed by atoms with Crippen molar-refractivity contribution in [3.05, 3.63) is 28.2 Å². The van der Waals surface area contributed by atoms with Crippen molar-refractivity contribution in [2.75, 3.05) is 13.7 Å². The molecule has 0 saturated heterocycles. The molecule has 0 aliphatic rings. The predicted molar refractivity (Wildman–Crippen MR) is 58.5 cm³/mol. The smallest absolute Gasteiger partial charge is 0.246 e. The Balaban J connectivity index is 3.09. The van der Waals surface area contributed by atoms with Gasteiger partial charge in [-0.3, -0.25) is 0 Å². The molecule has 0 spiro atoms. The summed E-state index contributed by atoms with van der Waals surface area (Å²) in [4.78, 5) is 0. The highest BCUT2D eigenvalue weighted by molar-refractivity contribution is 9.10. The van der Waals surface area contributed by atoms with Gasteiger partial charge in [-0.1, -0.05) is 15.9 Å². The molecule has 15 heavy (non-hydrogen) atoms. The second-order valence-electron chi connectivity index (χ2n) is 3.06. The van der Waals surface area contributed by atoms with Gasteiger partial charge in [0.05, 0.1) is 13.0 Å². The van der Waals surface area contributed by atoms with Crippen molar-refractivity contribution in [1.29, 1.82) is 0 Å². The zero-order valence-electron chi connectivity index (χ0n) is 8.21. The normalized spacial score (nSPS) is 12.9. The second-order valence-corrected chi connectivity index (χ2v) is 3.92. The van der Waals surface area contributed by atoms with Gasteiger partial charge in [-0.25, -0.2) is 8.78 Å². The van der Waals surface area contributed by atoms with Gasteiger partial charge in [0, 0.05) is 11.0 Å². The van der Waals surface area contributed by atoms with Crippen molar-refractivity contribution in [2.24, 2.45) is 5.73 Å². The summed E-state index contributed by atoms with van der Waals surface area (Å²) < 4.78 is 30.9. The third-order valence-electron chi connectivity index (χ3n) is 2.16. The monoisotopic (exact) mass is 279 g/mol. The summed E-state index contributed by atoms with van der Waals surface area (Å²) in [6, 6.07) is 4.96. The largest absolute Gasteiger partial charge is 0.497 e. The van der Waals surface area contributed by atoms with Crippen LogP contribution in [0.2, 0.25) is 0 Å². The SMILES string of the molecule is COc1ccc(Br)c(C(CN)C(F)F)c1. The Morgan fingerprint density at radius 3 is 2.60 bits per heavy atom. The van der Waals surface area contributed by atoms with Crippen molar-refractivity contribution in [2.45, 2.75) is 12.3 Å². The summed E-state index contributed by atoms with van der Waals surface area (Å²) in [5, 5.41) is 0. The summed E-state index contributed by atoms with van der Waals surface area (Å²) in [6.45, 7) is -0.0938. The molecule has 0 saturated carbocycles. The van der Waals surface area contributed by atoms with E-state index in [1.807, 2.05) is 0 Å². The topological polar surface area (TPSA) is 35.2 Å². The number of methoxy groups -OCH3 is 1. The number of nitrogens with two attached hydrogens (primary N) is 1. The average molecular weight is 280 g/mol. The van der Waals surface area contributed by atoms with Crippen molar-refractivity contribution in [3.8, 4) is 5.75 Å². The van der Waals surface area contributed by atoms with Crippen LogP contribution in [0.1, 0.15) is 11.5 Å². The molecule has 1 rings (SSSR count). The number of ether oxygens (including phenoxy) is 1. The van der Waals surface area contributed by atoms with Crippen LogP contribution in [0.25, 0.3) is 0 Å². The van der Waals surface area contributed by atoms with Crippen LogP contribution in [0, 0.1) is 0 Å². The summed E-state index contributed by atoms with van der Waals surface area (Å²) in [6.07, 6.45) is -2.47. The molecule has 2 nitrogen and oxygen atoms in total. The molecule has 1 atom stereocenters. The Morgan fingerprint density at radius 1 is 1.47 bits per heavy atom. The number of hydrogen-bond donors (Lipinski definition) is 1. The van der Waals surface area contributed by atoms with Gasteiger partial charge in [0.2, 0.25) is 6.43 Å². The molecule has 0 fully saturated rings. The van der Waals surface area contributed by atoms with E-state index < -0.39 is 12.3 Å². The first-order chi connectivity index (χ1) is 7.10. The van der Waals surface area contributed by atoms with Crippen molar-refractivity contribution < 1.29 is 13.5 Å². The lowest BCUT2D eigenvalue weighted by atomic mass is 9.99. The molecule has 2 N–H and O–H groups in total. The van der Waals surface area contributed by atoms with E-state index in [-0.39, 0.29) is 6.54 Å². The van der Waals surface area contributed by atoms with E-state index in [0.29, 0.717) is 15.8 Å². The van der Waals surface area contributed by atoms with E-state index >= 15 is 0 Å². The number of rotatable bonds is 4. The van der Waals surface area contributed by atoms with Crippen LogP contribution in [-0.2, 0) is 0 Å². The second kappa shape index (κ2) is 5.42. The molecule has 0 aliphatic carbocycles. The maximum atomic E-state index is 12.7. The minimum atomic E-state index is -2.47. The van der Waals surface area contributed by atoms with Gasteiger partial charge in [0.1, 0.15) is 5.75 Å². The van der Waals surface area contributed by atoms with E-state index in [0.717, 1.165) is 0 Å². The molecule has 1 aromatic carbocycles. The van der Waals surface area contributed by atoms with Gasteiger partial charge in [-0.2, -0.15) is 0 Å². The van der Waals surface area contributed by atoms with E-state index in [2.05, 4.69) is 15.9 Å². The Labute approximate surface area is 95.5 Å². The highest BCUT2D eigenvalue weighted by atomic mass is 79.9. The lowest BCUT2D eigenvalue weighted by Gasteiger charge is -2.16. The quantitative estimate of drug-likeness (QED) is 0.920. The number of hydrogen-bond acceptors (Lipinski definition) is 2.